The Morgan fingerprint density at radius 3 is 2.64 bits per heavy atom. The van der Waals surface area contributed by atoms with Gasteiger partial charge in [-0.05, 0) is 6.07 Å². The van der Waals surface area contributed by atoms with Crippen molar-refractivity contribution >= 4 is 17.5 Å². The summed E-state index contributed by atoms with van der Waals surface area (Å²) >= 11 is 5.55. The van der Waals surface area contributed by atoms with Gasteiger partial charge in [0.05, 0.1) is 0 Å². The van der Waals surface area contributed by atoms with Gasteiger partial charge in [-0.25, -0.2) is 9.97 Å². The van der Waals surface area contributed by atoms with Gasteiger partial charge in [-0.2, -0.15) is 0 Å². The standard InChI is InChI=1S/C7H10ClN3/c1-11(6-3-8)7-9-4-2-5-10-7/h2,4-5H,3,6H2,1H3. The molecule has 0 N–H and O–H groups in total. The van der Waals surface area contributed by atoms with Crippen LogP contribution in [0.1, 0.15) is 0 Å². The lowest BCUT2D eigenvalue weighted by Gasteiger charge is -2.13. The summed E-state index contributed by atoms with van der Waals surface area (Å²) in [5.74, 6) is 1.31. The molecule has 4 heteroatoms. The number of halogens is 1. The van der Waals surface area contributed by atoms with E-state index in [2.05, 4.69) is 9.97 Å². The van der Waals surface area contributed by atoms with Gasteiger partial charge in [-0.3, -0.25) is 0 Å². The first-order valence-corrected chi connectivity index (χ1v) is 3.92. The highest BCUT2D eigenvalue weighted by Crippen LogP contribution is 2.00. The van der Waals surface area contributed by atoms with Crippen molar-refractivity contribution in [1.29, 1.82) is 0 Å². The molecular formula is C7H10ClN3. The molecule has 0 aromatic carbocycles. The van der Waals surface area contributed by atoms with E-state index in [1.807, 2.05) is 11.9 Å². The van der Waals surface area contributed by atoms with Gasteiger partial charge in [-0.1, -0.05) is 0 Å². The van der Waals surface area contributed by atoms with E-state index in [9.17, 15) is 0 Å². The SMILES string of the molecule is CN(CCCl)c1ncccn1. The number of hydrogen-bond donors (Lipinski definition) is 0. The predicted molar refractivity (Wildman–Crippen MR) is 46.0 cm³/mol. The van der Waals surface area contributed by atoms with Gasteiger partial charge < -0.3 is 4.90 Å². The van der Waals surface area contributed by atoms with E-state index in [0.29, 0.717) is 11.8 Å². The number of nitrogens with zero attached hydrogens (tertiary/aromatic N) is 3. The Labute approximate surface area is 71.0 Å². The number of hydrogen-bond acceptors (Lipinski definition) is 3. The fraction of sp³-hybridized carbons (Fsp3) is 0.429. The van der Waals surface area contributed by atoms with Crippen molar-refractivity contribution in [2.45, 2.75) is 0 Å². The molecule has 0 radical (unpaired) electrons. The van der Waals surface area contributed by atoms with Gasteiger partial charge in [0.15, 0.2) is 0 Å². The molecule has 0 saturated carbocycles. The highest BCUT2D eigenvalue weighted by molar-refractivity contribution is 6.18. The zero-order valence-electron chi connectivity index (χ0n) is 6.37. The van der Waals surface area contributed by atoms with Crippen LogP contribution >= 0.6 is 11.6 Å². The highest BCUT2D eigenvalue weighted by Gasteiger charge is 1.99. The Hall–Kier alpha value is -0.830. The van der Waals surface area contributed by atoms with E-state index >= 15 is 0 Å². The van der Waals surface area contributed by atoms with Crippen LogP contribution in [0.3, 0.4) is 0 Å². The van der Waals surface area contributed by atoms with Gasteiger partial charge >= 0.3 is 0 Å². The molecule has 0 amide bonds. The van der Waals surface area contributed by atoms with Gasteiger partial charge in [0.2, 0.25) is 5.95 Å². The maximum Gasteiger partial charge on any atom is 0.225 e. The molecule has 1 heterocycles. The molecule has 1 rings (SSSR count). The third-order valence-electron chi connectivity index (χ3n) is 1.31. The Bertz CT molecular complexity index is 202. The smallest absolute Gasteiger partial charge is 0.225 e. The first-order chi connectivity index (χ1) is 5.34. The van der Waals surface area contributed by atoms with Crippen molar-refractivity contribution < 1.29 is 0 Å². The maximum absolute atomic E-state index is 5.55. The topological polar surface area (TPSA) is 29.0 Å². The Kier molecular flexibility index (Phi) is 3.11. The predicted octanol–water partition coefficient (Wildman–Crippen LogP) is 1.15. The molecule has 60 valence electrons. The molecule has 0 unspecified atom stereocenters. The van der Waals surface area contributed by atoms with Gasteiger partial charge in [0.1, 0.15) is 0 Å². The second-order valence-electron chi connectivity index (χ2n) is 2.16. The molecule has 1 aromatic heterocycles. The fourth-order valence-corrected chi connectivity index (χ4v) is 0.969. The minimum Gasteiger partial charge on any atom is -0.343 e. The highest BCUT2D eigenvalue weighted by atomic mass is 35.5. The molecular weight excluding hydrogens is 162 g/mol. The van der Waals surface area contributed by atoms with Crippen LogP contribution in [0.15, 0.2) is 18.5 Å². The molecule has 0 spiro atoms. The number of alkyl halides is 1. The average molecular weight is 172 g/mol. The van der Waals surface area contributed by atoms with Crippen LogP contribution in [0, 0.1) is 0 Å². The Morgan fingerprint density at radius 1 is 1.45 bits per heavy atom. The Balaban J connectivity index is 2.61. The maximum atomic E-state index is 5.55. The van der Waals surface area contributed by atoms with Crippen molar-refractivity contribution in [2.24, 2.45) is 0 Å². The second-order valence-corrected chi connectivity index (χ2v) is 2.54. The third-order valence-corrected chi connectivity index (χ3v) is 1.48. The molecule has 3 nitrogen and oxygen atoms in total. The largest absolute Gasteiger partial charge is 0.343 e. The van der Waals surface area contributed by atoms with Gasteiger partial charge in [0, 0.05) is 31.9 Å². The van der Waals surface area contributed by atoms with Crippen LogP contribution in [0.2, 0.25) is 0 Å². The zero-order chi connectivity index (χ0) is 8.10. The van der Waals surface area contributed by atoms with E-state index in [4.69, 9.17) is 11.6 Å². The van der Waals surface area contributed by atoms with Crippen molar-refractivity contribution in [3.05, 3.63) is 18.5 Å². The Morgan fingerprint density at radius 2 is 2.09 bits per heavy atom. The molecule has 0 aliphatic rings. The summed E-state index contributed by atoms with van der Waals surface area (Å²) < 4.78 is 0. The molecule has 0 saturated heterocycles. The van der Waals surface area contributed by atoms with Gasteiger partial charge in [0.25, 0.3) is 0 Å². The quantitative estimate of drug-likeness (QED) is 0.639. The van der Waals surface area contributed by atoms with Crippen LogP contribution < -0.4 is 4.90 Å². The zero-order valence-corrected chi connectivity index (χ0v) is 7.12. The van der Waals surface area contributed by atoms with Crippen molar-refractivity contribution in [3.63, 3.8) is 0 Å². The minimum atomic E-state index is 0.592. The minimum absolute atomic E-state index is 0.592. The number of anilines is 1. The van der Waals surface area contributed by atoms with Crippen LogP contribution in [-0.2, 0) is 0 Å². The molecule has 0 bridgehead atoms. The third kappa shape index (κ3) is 2.35. The lowest BCUT2D eigenvalue weighted by atomic mass is 10.6. The first-order valence-electron chi connectivity index (χ1n) is 3.38. The monoisotopic (exact) mass is 171 g/mol. The summed E-state index contributed by atoms with van der Waals surface area (Å²) in [7, 11) is 1.91. The molecule has 0 atom stereocenters. The van der Waals surface area contributed by atoms with Crippen LogP contribution in [0.5, 0.6) is 0 Å². The summed E-state index contributed by atoms with van der Waals surface area (Å²) in [5, 5.41) is 0. The van der Waals surface area contributed by atoms with Crippen LogP contribution in [-0.4, -0.2) is 29.4 Å². The lowest BCUT2D eigenvalue weighted by molar-refractivity contribution is 0.905. The van der Waals surface area contributed by atoms with E-state index in [1.54, 1.807) is 18.5 Å². The molecule has 0 aliphatic carbocycles. The summed E-state index contributed by atoms with van der Waals surface area (Å²) in [4.78, 5) is 10.0. The molecule has 0 fully saturated rings. The summed E-state index contributed by atoms with van der Waals surface area (Å²) in [6, 6.07) is 1.79. The van der Waals surface area contributed by atoms with Crippen molar-refractivity contribution in [3.8, 4) is 0 Å². The van der Waals surface area contributed by atoms with Crippen LogP contribution in [0.25, 0.3) is 0 Å². The number of rotatable bonds is 3. The van der Waals surface area contributed by atoms with Crippen molar-refractivity contribution in [1.82, 2.24) is 9.97 Å². The van der Waals surface area contributed by atoms with E-state index < -0.39 is 0 Å². The lowest BCUT2D eigenvalue weighted by Crippen LogP contribution is -2.21. The van der Waals surface area contributed by atoms with E-state index in [-0.39, 0.29) is 0 Å². The second kappa shape index (κ2) is 4.13. The summed E-state index contributed by atoms with van der Waals surface area (Å²) in [6.07, 6.45) is 3.43. The van der Waals surface area contributed by atoms with Crippen LogP contribution in [0.4, 0.5) is 5.95 Å². The fourth-order valence-electron chi connectivity index (χ4n) is 0.715. The molecule has 0 aliphatic heterocycles. The molecule has 11 heavy (non-hydrogen) atoms. The van der Waals surface area contributed by atoms with E-state index in [0.717, 1.165) is 6.54 Å². The van der Waals surface area contributed by atoms with E-state index in [1.165, 1.54) is 0 Å². The summed E-state index contributed by atoms with van der Waals surface area (Å²) in [5.41, 5.74) is 0. The summed E-state index contributed by atoms with van der Waals surface area (Å²) in [6.45, 7) is 0.769. The normalized spacial score (nSPS) is 9.64. The van der Waals surface area contributed by atoms with Crippen molar-refractivity contribution in [2.75, 3.05) is 24.4 Å². The number of aromatic nitrogens is 2. The van der Waals surface area contributed by atoms with Gasteiger partial charge in [-0.15, -0.1) is 11.6 Å². The first kappa shape index (κ1) is 8.27. The molecule has 1 aromatic rings. The average Bonchev–Trinajstić information content (AvgIpc) is 2.07.